The van der Waals surface area contributed by atoms with Gasteiger partial charge < -0.3 is 14.4 Å². The van der Waals surface area contributed by atoms with Gasteiger partial charge in [-0.05, 0) is 54.4 Å². The van der Waals surface area contributed by atoms with Crippen molar-refractivity contribution in [3.63, 3.8) is 0 Å². The van der Waals surface area contributed by atoms with Crippen LogP contribution in [0.15, 0.2) is 60.2 Å². The van der Waals surface area contributed by atoms with Gasteiger partial charge in [0.05, 0.1) is 25.3 Å². The van der Waals surface area contributed by atoms with Crippen LogP contribution in [0.5, 0.6) is 11.5 Å². The largest absolute Gasteiger partial charge is 0.504 e. The number of hydrogen-bond acceptors (Lipinski definition) is 5. The summed E-state index contributed by atoms with van der Waals surface area (Å²) in [5.41, 5.74) is 6.45. The fraction of sp³-hybridized carbons (Fsp3) is 0.111. The number of benzene rings is 2. The van der Waals surface area contributed by atoms with Crippen molar-refractivity contribution in [3.8, 4) is 17.2 Å². The second kappa shape index (κ2) is 6.87. The Morgan fingerprint density at radius 2 is 2.04 bits per heavy atom. The van der Waals surface area contributed by atoms with E-state index in [0.717, 1.165) is 22.5 Å². The highest BCUT2D eigenvalue weighted by atomic mass is 16.5. The van der Waals surface area contributed by atoms with E-state index in [0.29, 0.717) is 5.75 Å². The van der Waals surface area contributed by atoms with Gasteiger partial charge in [-0.25, -0.2) is 4.98 Å². The predicted octanol–water partition coefficient (Wildman–Crippen LogP) is 3.34. The summed E-state index contributed by atoms with van der Waals surface area (Å²) in [6.07, 6.45) is 7.06. The van der Waals surface area contributed by atoms with Crippen LogP contribution in [0.1, 0.15) is 11.1 Å². The number of nitrogens with zero attached hydrogens (tertiary/aromatic N) is 3. The molecule has 122 valence electrons. The lowest BCUT2D eigenvalue weighted by Gasteiger charge is -2.07. The van der Waals surface area contributed by atoms with Crippen LogP contribution in [-0.2, 0) is 0 Å². The number of rotatable bonds is 5. The lowest BCUT2D eigenvalue weighted by molar-refractivity contribution is 0.371. The summed E-state index contributed by atoms with van der Waals surface area (Å²) in [6, 6.07) is 11.4. The quantitative estimate of drug-likeness (QED) is 0.558. The monoisotopic (exact) mass is 322 g/mol. The second-order valence-electron chi connectivity index (χ2n) is 5.28. The van der Waals surface area contributed by atoms with Gasteiger partial charge in [0, 0.05) is 18.1 Å². The van der Waals surface area contributed by atoms with Gasteiger partial charge in [-0.15, -0.1) is 0 Å². The smallest absolute Gasteiger partial charge is 0.161 e. The number of imidazole rings is 1. The fourth-order valence-electron chi connectivity index (χ4n) is 2.31. The molecule has 24 heavy (non-hydrogen) atoms. The molecule has 0 fully saturated rings. The summed E-state index contributed by atoms with van der Waals surface area (Å²) in [7, 11) is 1.52. The van der Waals surface area contributed by atoms with E-state index in [9.17, 15) is 5.11 Å². The SMILES string of the molecule is COc1cc(/C=N/Nc2ccc(-n3ccnc3)cc2)cc(C)c1O. The zero-order valence-electron chi connectivity index (χ0n) is 13.5. The molecule has 0 aliphatic rings. The zero-order chi connectivity index (χ0) is 16.9. The lowest BCUT2D eigenvalue weighted by Crippen LogP contribution is -1.94. The van der Waals surface area contributed by atoms with E-state index >= 15 is 0 Å². The summed E-state index contributed by atoms with van der Waals surface area (Å²) in [5, 5.41) is 14.1. The normalized spacial score (nSPS) is 10.9. The molecule has 3 aromatic rings. The molecule has 0 unspecified atom stereocenters. The maximum atomic E-state index is 9.84. The highest BCUT2D eigenvalue weighted by Crippen LogP contribution is 2.30. The Labute approximate surface area is 140 Å². The Morgan fingerprint density at radius 1 is 1.25 bits per heavy atom. The second-order valence-corrected chi connectivity index (χ2v) is 5.28. The molecule has 0 radical (unpaired) electrons. The molecular weight excluding hydrogens is 304 g/mol. The zero-order valence-corrected chi connectivity index (χ0v) is 13.5. The Bertz CT molecular complexity index is 840. The van der Waals surface area contributed by atoms with E-state index in [1.165, 1.54) is 7.11 Å². The lowest BCUT2D eigenvalue weighted by atomic mass is 10.1. The first-order valence-electron chi connectivity index (χ1n) is 7.42. The van der Waals surface area contributed by atoms with E-state index in [2.05, 4.69) is 15.5 Å². The molecule has 0 amide bonds. The van der Waals surface area contributed by atoms with Crippen LogP contribution in [0.2, 0.25) is 0 Å². The minimum absolute atomic E-state index is 0.151. The Morgan fingerprint density at radius 3 is 2.71 bits per heavy atom. The summed E-state index contributed by atoms with van der Waals surface area (Å²) < 4.78 is 7.07. The van der Waals surface area contributed by atoms with Gasteiger partial charge in [0.25, 0.3) is 0 Å². The van der Waals surface area contributed by atoms with Crippen LogP contribution >= 0.6 is 0 Å². The first-order valence-corrected chi connectivity index (χ1v) is 7.42. The molecular formula is C18H18N4O2. The van der Waals surface area contributed by atoms with E-state index in [4.69, 9.17) is 4.74 Å². The number of aryl methyl sites for hydroxylation is 1. The van der Waals surface area contributed by atoms with Crippen molar-refractivity contribution >= 4 is 11.9 Å². The minimum Gasteiger partial charge on any atom is -0.504 e. The van der Waals surface area contributed by atoms with Crippen LogP contribution < -0.4 is 10.2 Å². The Kier molecular flexibility index (Phi) is 4.47. The molecule has 0 atom stereocenters. The van der Waals surface area contributed by atoms with E-state index in [-0.39, 0.29) is 5.75 Å². The third kappa shape index (κ3) is 3.38. The number of hydrazone groups is 1. The number of aromatic hydroxyl groups is 1. The first kappa shape index (κ1) is 15.6. The molecule has 6 heteroatoms. The number of methoxy groups -OCH3 is 1. The topological polar surface area (TPSA) is 71.7 Å². The molecule has 1 heterocycles. The molecule has 2 aromatic carbocycles. The summed E-state index contributed by atoms with van der Waals surface area (Å²) in [4.78, 5) is 4.03. The number of hydrogen-bond donors (Lipinski definition) is 2. The van der Waals surface area contributed by atoms with Gasteiger partial charge in [0.1, 0.15) is 0 Å². The predicted molar refractivity (Wildman–Crippen MR) is 94.2 cm³/mol. The van der Waals surface area contributed by atoms with Crippen LogP contribution in [0.4, 0.5) is 5.69 Å². The van der Waals surface area contributed by atoms with Crippen molar-refractivity contribution in [3.05, 3.63) is 66.2 Å². The van der Waals surface area contributed by atoms with Gasteiger partial charge in [-0.3, -0.25) is 5.43 Å². The van der Waals surface area contributed by atoms with Gasteiger partial charge in [0.15, 0.2) is 11.5 Å². The molecule has 3 rings (SSSR count). The van der Waals surface area contributed by atoms with Crippen molar-refractivity contribution < 1.29 is 9.84 Å². The number of anilines is 1. The number of phenolic OH excluding ortho intramolecular Hbond substituents is 1. The highest BCUT2D eigenvalue weighted by Gasteiger charge is 2.06. The third-order valence-corrected chi connectivity index (χ3v) is 3.58. The molecule has 0 spiro atoms. The van der Waals surface area contributed by atoms with Crippen LogP contribution in [0, 0.1) is 6.92 Å². The molecule has 0 aliphatic carbocycles. The molecule has 2 N–H and O–H groups in total. The van der Waals surface area contributed by atoms with E-state index in [1.807, 2.05) is 48.0 Å². The van der Waals surface area contributed by atoms with Crippen LogP contribution in [0.3, 0.4) is 0 Å². The maximum absolute atomic E-state index is 9.84. The molecule has 6 nitrogen and oxygen atoms in total. The number of phenols is 1. The average molecular weight is 322 g/mol. The maximum Gasteiger partial charge on any atom is 0.161 e. The summed E-state index contributed by atoms with van der Waals surface area (Å²) in [5.74, 6) is 0.582. The van der Waals surface area contributed by atoms with Gasteiger partial charge in [-0.1, -0.05) is 0 Å². The van der Waals surface area contributed by atoms with Crippen molar-refractivity contribution in [1.82, 2.24) is 9.55 Å². The summed E-state index contributed by atoms with van der Waals surface area (Å²) >= 11 is 0. The molecule has 1 aromatic heterocycles. The molecule has 0 aliphatic heterocycles. The molecule has 0 saturated heterocycles. The van der Waals surface area contributed by atoms with Gasteiger partial charge in [-0.2, -0.15) is 5.10 Å². The number of ether oxygens (including phenoxy) is 1. The Hall–Kier alpha value is -3.28. The van der Waals surface area contributed by atoms with Crippen molar-refractivity contribution in [2.75, 3.05) is 12.5 Å². The van der Waals surface area contributed by atoms with Gasteiger partial charge in [0.2, 0.25) is 0 Å². The van der Waals surface area contributed by atoms with E-state index in [1.54, 1.807) is 24.8 Å². The summed E-state index contributed by atoms with van der Waals surface area (Å²) in [6.45, 7) is 1.82. The molecule has 0 saturated carbocycles. The van der Waals surface area contributed by atoms with Crippen molar-refractivity contribution in [2.45, 2.75) is 6.92 Å². The van der Waals surface area contributed by atoms with Crippen LogP contribution in [-0.4, -0.2) is 28.0 Å². The van der Waals surface area contributed by atoms with Crippen molar-refractivity contribution in [1.29, 1.82) is 0 Å². The Balaban J connectivity index is 1.69. The van der Waals surface area contributed by atoms with Crippen LogP contribution in [0.25, 0.3) is 5.69 Å². The third-order valence-electron chi connectivity index (χ3n) is 3.58. The van der Waals surface area contributed by atoms with E-state index < -0.39 is 0 Å². The minimum atomic E-state index is 0.151. The highest BCUT2D eigenvalue weighted by molar-refractivity contribution is 5.82. The number of nitrogens with one attached hydrogen (secondary N) is 1. The number of aromatic nitrogens is 2. The first-order chi connectivity index (χ1) is 11.7. The standard InChI is InChI=1S/C18H18N4O2/c1-13-9-14(10-17(24-2)18(13)23)11-20-21-15-3-5-16(6-4-15)22-8-7-19-12-22/h3-12,21,23H,1-2H3/b20-11+. The van der Waals surface area contributed by atoms with Crippen molar-refractivity contribution in [2.24, 2.45) is 5.10 Å². The average Bonchev–Trinajstić information content (AvgIpc) is 3.13. The fourth-order valence-corrected chi connectivity index (χ4v) is 2.31. The molecule has 0 bridgehead atoms. The van der Waals surface area contributed by atoms with Gasteiger partial charge >= 0.3 is 0 Å².